The second kappa shape index (κ2) is 40.1. The number of aromatic hydroxyl groups is 3. The van der Waals surface area contributed by atoms with Crippen molar-refractivity contribution >= 4 is 15.9 Å². The average molecular weight is 542 g/mol. The summed E-state index contributed by atoms with van der Waals surface area (Å²) in [6, 6.07) is 8.80. The van der Waals surface area contributed by atoms with Gasteiger partial charge in [-0.3, -0.25) is 0 Å². The molecule has 7 heteroatoms. The van der Waals surface area contributed by atoms with E-state index in [-0.39, 0.29) is 32.1 Å². The minimum atomic E-state index is -0.146. The Kier molecular flexibility index (Phi) is 58.6. The van der Waals surface area contributed by atoms with Gasteiger partial charge < -0.3 is 29.5 Å². The molecule has 0 unspecified atom stereocenters. The summed E-state index contributed by atoms with van der Waals surface area (Å²) in [7, 11) is 4.82. The van der Waals surface area contributed by atoms with Gasteiger partial charge in [0, 0.05) is 36.4 Å². The zero-order chi connectivity index (χ0) is 25.8. The summed E-state index contributed by atoms with van der Waals surface area (Å²) in [5.74, 6) is 3.56. The van der Waals surface area contributed by atoms with Gasteiger partial charge in [-0.25, -0.2) is 0 Å². The summed E-state index contributed by atoms with van der Waals surface area (Å²) in [6.45, 7) is 16.0. The van der Waals surface area contributed by atoms with Crippen molar-refractivity contribution in [1.82, 2.24) is 0 Å². The summed E-state index contributed by atoms with van der Waals surface area (Å²) in [5.41, 5.74) is 0. The van der Waals surface area contributed by atoms with Gasteiger partial charge in [-0.1, -0.05) is 86.2 Å². The first kappa shape index (κ1) is 48.2. The Labute approximate surface area is 213 Å². The van der Waals surface area contributed by atoms with Crippen molar-refractivity contribution in [3.8, 4) is 34.5 Å². The minimum Gasteiger partial charge on any atom is -0.508 e. The molecule has 0 radical (unpaired) electrons. The van der Waals surface area contributed by atoms with Crippen molar-refractivity contribution in [1.29, 1.82) is 0 Å². The van der Waals surface area contributed by atoms with Gasteiger partial charge in [0.05, 0.1) is 21.3 Å². The van der Waals surface area contributed by atoms with Crippen LogP contribution in [0.25, 0.3) is 0 Å². The molecule has 0 amide bonds. The molecule has 200 valence electrons. The third-order valence-electron chi connectivity index (χ3n) is 2.45. The third-order valence-corrected chi connectivity index (χ3v) is 2.45. The number of phenolic OH excluding ortho intramolecular Hbond substituents is 3. The molecule has 0 aromatic heterocycles. The number of ether oxygens (including phenoxy) is 3. The summed E-state index contributed by atoms with van der Waals surface area (Å²) in [5, 5.41) is 26.0. The quantitative estimate of drug-likeness (QED) is 0.336. The second-order valence-corrected chi connectivity index (χ2v) is 3.96. The lowest BCUT2D eigenvalue weighted by Gasteiger charge is -2.06. The lowest BCUT2D eigenvalue weighted by Crippen LogP contribution is -1.89. The van der Waals surface area contributed by atoms with Gasteiger partial charge in [-0.2, -0.15) is 0 Å². The van der Waals surface area contributed by atoms with Crippen molar-refractivity contribution in [2.24, 2.45) is 0 Å². The van der Waals surface area contributed by atoms with Crippen molar-refractivity contribution in [2.75, 3.05) is 27.2 Å². The molecule has 3 N–H and O–H groups in total. The van der Waals surface area contributed by atoms with E-state index in [1.165, 1.54) is 0 Å². The number of methoxy groups -OCH3 is 3. The fraction of sp³-hybridized carbons (Fsp3) is 0.538. The van der Waals surface area contributed by atoms with E-state index in [4.69, 9.17) is 29.5 Å². The normalized spacial score (nSPS) is 6.82. The van der Waals surface area contributed by atoms with Gasteiger partial charge in [0.2, 0.25) is 0 Å². The number of halogens is 1. The predicted molar refractivity (Wildman–Crippen MR) is 151 cm³/mol. The fourth-order valence-electron chi connectivity index (χ4n) is 1.48. The first-order chi connectivity index (χ1) is 15.0. The number of phenols is 3. The molecule has 6 nitrogen and oxygen atoms in total. The smallest absolute Gasteiger partial charge is 0.126 e. The van der Waals surface area contributed by atoms with Crippen LogP contribution in [0.3, 0.4) is 0 Å². The van der Waals surface area contributed by atoms with E-state index < -0.39 is 0 Å². The molecule has 0 saturated heterocycles. The van der Waals surface area contributed by atoms with E-state index in [1.807, 2.05) is 61.2 Å². The molecule has 0 fully saturated rings. The summed E-state index contributed by atoms with van der Waals surface area (Å²) in [4.78, 5) is 0. The molecule has 0 aliphatic rings. The molecular weight excluding hydrogens is 488 g/mol. The van der Waals surface area contributed by atoms with Gasteiger partial charge >= 0.3 is 0 Å². The van der Waals surface area contributed by atoms with Crippen molar-refractivity contribution in [2.45, 2.75) is 70.2 Å². The van der Waals surface area contributed by atoms with Crippen LogP contribution in [0, 0.1) is 0 Å². The van der Waals surface area contributed by atoms with E-state index >= 15 is 0 Å². The van der Waals surface area contributed by atoms with E-state index in [9.17, 15) is 0 Å². The number of alkyl halides is 1. The van der Waals surface area contributed by atoms with Crippen LogP contribution in [0.15, 0.2) is 36.4 Å². The molecule has 2 aromatic rings. The molecule has 0 spiro atoms. The molecule has 0 bridgehead atoms. The zero-order valence-corrected chi connectivity index (χ0v) is 23.0. The van der Waals surface area contributed by atoms with Crippen LogP contribution in [0.2, 0.25) is 0 Å². The zero-order valence-electron chi connectivity index (χ0n) is 21.4. The summed E-state index contributed by atoms with van der Waals surface area (Å²) >= 11 is 2.94. The first-order valence-electron chi connectivity index (χ1n) is 10.4. The van der Waals surface area contributed by atoms with E-state index in [2.05, 4.69) is 15.9 Å². The standard InChI is InChI=1S/C9H12O3.C6H6O3.4C2H6.CH3Br.2CH4/c1-10-7-4-8(11-2)6-9(5-7)12-3;7-4-1-5(8)3-6(9)2-4;5*1-2;;/h4-6H,1-3H3;1-3,7-9H;4*1-2H3;1H3;2*1H4. The van der Waals surface area contributed by atoms with Crippen molar-refractivity contribution in [3.63, 3.8) is 0 Å². The van der Waals surface area contributed by atoms with Crippen LogP contribution in [0.5, 0.6) is 34.5 Å². The van der Waals surface area contributed by atoms with Crippen LogP contribution in [-0.2, 0) is 0 Å². The Morgan fingerprint density at radius 3 is 0.727 bits per heavy atom. The summed E-state index contributed by atoms with van der Waals surface area (Å²) < 4.78 is 15.1. The average Bonchev–Trinajstić information content (AvgIpc) is 2.84. The Hall–Kier alpha value is -2.28. The minimum absolute atomic E-state index is 0. The number of hydrogen-bond acceptors (Lipinski definition) is 6. The molecule has 0 aliphatic heterocycles. The highest BCUT2D eigenvalue weighted by Crippen LogP contribution is 2.26. The molecular formula is C26H53BrO6. The molecule has 0 heterocycles. The van der Waals surface area contributed by atoms with Crippen LogP contribution in [0.4, 0.5) is 0 Å². The van der Waals surface area contributed by atoms with Crippen LogP contribution in [0.1, 0.15) is 70.2 Å². The van der Waals surface area contributed by atoms with E-state index in [0.717, 1.165) is 35.4 Å². The second-order valence-electron chi connectivity index (χ2n) is 3.96. The van der Waals surface area contributed by atoms with Crippen LogP contribution >= 0.6 is 15.9 Å². The Morgan fingerprint density at radius 1 is 0.455 bits per heavy atom. The maximum Gasteiger partial charge on any atom is 0.126 e. The lowest BCUT2D eigenvalue weighted by atomic mass is 10.3. The maximum atomic E-state index is 8.67. The Bertz CT molecular complexity index is 487. The fourth-order valence-corrected chi connectivity index (χ4v) is 1.48. The maximum absolute atomic E-state index is 8.67. The lowest BCUT2D eigenvalue weighted by molar-refractivity contribution is 0.375. The highest BCUT2D eigenvalue weighted by atomic mass is 79.9. The van der Waals surface area contributed by atoms with Gasteiger partial charge in [-0.05, 0) is 5.83 Å². The highest BCUT2D eigenvalue weighted by molar-refractivity contribution is 9.08. The highest BCUT2D eigenvalue weighted by Gasteiger charge is 2.00. The molecule has 2 aromatic carbocycles. The molecule has 0 atom stereocenters. The van der Waals surface area contributed by atoms with E-state index in [0.29, 0.717) is 0 Å². The van der Waals surface area contributed by atoms with Gasteiger partial charge in [-0.15, -0.1) is 0 Å². The number of hydrogen-bond donors (Lipinski definition) is 3. The Morgan fingerprint density at radius 2 is 0.606 bits per heavy atom. The monoisotopic (exact) mass is 540 g/mol. The molecule has 0 aliphatic carbocycles. The van der Waals surface area contributed by atoms with Gasteiger partial charge in [0.1, 0.15) is 34.5 Å². The van der Waals surface area contributed by atoms with E-state index in [1.54, 1.807) is 39.5 Å². The third kappa shape index (κ3) is 29.7. The van der Waals surface area contributed by atoms with Crippen molar-refractivity contribution < 1.29 is 29.5 Å². The predicted octanol–water partition coefficient (Wildman–Crippen LogP) is 8.90. The van der Waals surface area contributed by atoms with Crippen molar-refractivity contribution in [3.05, 3.63) is 36.4 Å². The SMILES string of the molecule is C.C.CBr.CC.CC.CC.CC.COc1cc(OC)cc(OC)c1.Oc1cc(O)cc(O)c1. The van der Waals surface area contributed by atoms with Gasteiger partial charge in [0.15, 0.2) is 0 Å². The molecule has 2 rings (SSSR count). The first-order valence-corrected chi connectivity index (χ1v) is 11.9. The summed E-state index contributed by atoms with van der Waals surface area (Å²) in [6.07, 6.45) is 0. The number of benzene rings is 2. The van der Waals surface area contributed by atoms with Gasteiger partial charge in [0.25, 0.3) is 0 Å². The van der Waals surface area contributed by atoms with Crippen LogP contribution in [-0.4, -0.2) is 42.5 Å². The Balaban J connectivity index is -0.0000000576. The van der Waals surface area contributed by atoms with Crippen LogP contribution < -0.4 is 14.2 Å². The largest absolute Gasteiger partial charge is 0.508 e. The molecule has 33 heavy (non-hydrogen) atoms. The molecule has 0 saturated carbocycles. The topological polar surface area (TPSA) is 88.4 Å². The number of rotatable bonds is 3.